The summed E-state index contributed by atoms with van der Waals surface area (Å²) in [6.07, 6.45) is -5.72. The van der Waals surface area contributed by atoms with E-state index < -0.39 is 60.6 Å². The quantitative estimate of drug-likeness (QED) is 0.310. The first-order valence-corrected chi connectivity index (χ1v) is 9.63. The van der Waals surface area contributed by atoms with E-state index in [1.807, 2.05) is 0 Å². The van der Waals surface area contributed by atoms with E-state index in [2.05, 4.69) is 0 Å². The number of ether oxygens (including phenoxy) is 3. The topological polar surface area (TPSA) is 179 Å². The third-order valence-electron chi connectivity index (χ3n) is 5.18. The Morgan fingerprint density at radius 3 is 2.33 bits per heavy atom. The van der Waals surface area contributed by atoms with Gasteiger partial charge in [0.05, 0.1) is 31.7 Å². The lowest BCUT2D eigenvalue weighted by atomic mass is 9.97. The molecule has 0 radical (unpaired) electrons. The van der Waals surface area contributed by atoms with Crippen molar-refractivity contribution in [1.82, 2.24) is 0 Å². The standard InChI is InChI=1S/C13H18O7.C6H12O4/c1-3-8-9(15)10(16)11(17)13(19-8)20-12-6(2)18-5-4-7(12)14;1-4-5(8)6(9,2-7)3-10-4/h4-5,8-11,13,15-17H,3H2,1-2H3;4-5,7-9H,2-3H2,1H3. The van der Waals surface area contributed by atoms with Crippen molar-refractivity contribution >= 4 is 0 Å². The molecule has 2 fully saturated rings. The van der Waals surface area contributed by atoms with E-state index in [9.17, 15) is 30.3 Å². The first-order chi connectivity index (χ1) is 14.1. The van der Waals surface area contributed by atoms with Gasteiger partial charge in [0.25, 0.3) is 0 Å². The van der Waals surface area contributed by atoms with Crippen molar-refractivity contribution in [1.29, 1.82) is 0 Å². The molecule has 8 atom stereocenters. The maximum atomic E-state index is 11.7. The molecule has 0 aliphatic carbocycles. The Bertz CT molecular complexity index is 735. The number of aliphatic hydroxyl groups excluding tert-OH is 5. The SMILES string of the molecule is CC1OCC(O)(CO)C1O.CCC1OC(Oc2c(C)occc2=O)C(O)C(O)C1O. The molecular weight excluding hydrogens is 404 g/mol. The van der Waals surface area contributed by atoms with Crippen LogP contribution in [0.1, 0.15) is 26.0 Å². The van der Waals surface area contributed by atoms with Gasteiger partial charge in [0, 0.05) is 6.07 Å². The van der Waals surface area contributed by atoms with E-state index in [0.29, 0.717) is 6.42 Å². The van der Waals surface area contributed by atoms with Crippen LogP contribution in [0, 0.1) is 6.92 Å². The van der Waals surface area contributed by atoms with Crippen LogP contribution in [0.5, 0.6) is 5.75 Å². The maximum Gasteiger partial charge on any atom is 0.229 e. The van der Waals surface area contributed by atoms with Crippen LogP contribution in [-0.4, -0.2) is 92.4 Å². The molecule has 172 valence electrons. The van der Waals surface area contributed by atoms with Gasteiger partial charge < -0.3 is 49.3 Å². The van der Waals surface area contributed by atoms with E-state index in [1.54, 1.807) is 13.8 Å². The molecule has 0 amide bonds. The Balaban J connectivity index is 0.000000269. The van der Waals surface area contributed by atoms with Crippen molar-refractivity contribution in [2.75, 3.05) is 13.2 Å². The summed E-state index contributed by atoms with van der Waals surface area (Å²) in [4.78, 5) is 11.7. The molecule has 2 aliphatic rings. The fraction of sp³-hybridized carbons (Fsp3) is 0.737. The minimum Gasteiger partial charge on any atom is -0.465 e. The van der Waals surface area contributed by atoms with Gasteiger partial charge in [-0.25, -0.2) is 0 Å². The molecule has 11 nitrogen and oxygen atoms in total. The minimum absolute atomic E-state index is 0.00579. The van der Waals surface area contributed by atoms with E-state index in [0.717, 1.165) is 0 Å². The molecular formula is C19H30O11. The highest BCUT2D eigenvalue weighted by Crippen LogP contribution is 2.26. The number of rotatable bonds is 4. The number of aryl methyl sites for hydroxylation is 1. The van der Waals surface area contributed by atoms with Crippen LogP contribution < -0.4 is 10.2 Å². The van der Waals surface area contributed by atoms with Crippen molar-refractivity contribution in [3.8, 4) is 5.75 Å². The fourth-order valence-corrected chi connectivity index (χ4v) is 3.14. The third kappa shape index (κ3) is 5.18. The van der Waals surface area contributed by atoms with E-state index in [1.165, 1.54) is 19.3 Å². The molecule has 0 bridgehead atoms. The van der Waals surface area contributed by atoms with Gasteiger partial charge in [-0.3, -0.25) is 4.79 Å². The van der Waals surface area contributed by atoms with Gasteiger partial charge in [0.2, 0.25) is 17.5 Å². The Morgan fingerprint density at radius 1 is 1.20 bits per heavy atom. The Hall–Kier alpha value is -1.57. The molecule has 6 N–H and O–H groups in total. The molecule has 8 unspecified atom stereocenters. The summed E-state index contributed by atoms with van der Waals surface area (Å²) in [5.41, 5.74) is -1.86. The molecule has 3 rings (SSSR count). The highest BCUT2D eigenvalue weighted by Gasteiger charge is 2.46. The number of aliphatic hydroxyl groups is 6. The van der Waals surface area contributed by atoms with Crippen molar-refractivity contribution in [3.63, 3.8) is 0 Å². The lowest BCUT2D eigenvalue weighted by molar-refractivity contribution is -0.273. The molecule has 3 heterocycles. The summed E-state index contributed by atoms with van der Waals surface area (Å²) in [5.74, 6) is 0.150. The van der Waals surface area contributed by atoms with Gasteiger partial charge >= 0.3 is 0 Å². The highest BCUT2D eigenvalue weighted by atomic mass is 16.7. The minimum atomic E-state index is -1.47. The van der Waals surface area contributed by atoms with Gasteiger partial charge in [-0.2, -0.15) is 0 Å². The lowest BCUT2D eigenvalue weighted by Crippen LogP contribution is -2.59. The molecule has 0 saturated carbocycles. The van der Waals surface area contributed by atoms with Gasteiger partial charge in [0.15, 0.2) is 0 Å². The van der Waals surface area contributed by atoms with Crippen LogP contribution in [0.25, 0.3) is 0 Å². The average molecular weight is 434 g/mol. The van der Waals surface area contributed by atoms with Gasteiger partial charge in [-0.15, -0.1) is 0 Å². The molecule has 1 aromatic heterocycles. The second-order valence-corrected chi connectivity index (χ2v) is 7.43. The second kappa shape index (κ2) is 10.2. The summed E-state index contributed by atoms with van der Waals surface area (Å²) >= 11 is 0. The molecule has 0 aromatic carbocycles. The zero-order valence-corrected chi connectivity index (χ0v) is 17.0. The van der Waals surface area contributed by atoms with Crippen LogP contribution in [-0.2, 0) is 9.47 Å². The van der Waals surface area contributed by atoms with Crippen LogP contribution in [0.15, 0.2) is 21.5 Å². The molecule has 11 heteroatoms. The Kier molecular flexibility index (Phi) is 8.36. The van der Waals surface area contributed by atoms with Crippen molar-refractivity contribution in [3.05, 3.63) is 28.3 Å². The van der Waals surface area contributed by atoms with Crippen LogP contribution in [0.3, 0.4) is 0 Å². The normalized spacial score (nSPS) is 38.6. The highest BCUT2D eigenvalue weighted by molar-refractivity contribution is 5.23. The largest absolute Gasteiger partial charge is 0.465 e. The van der Waals surface area contributed by atoms with Gasteiger partial charge in [0.1, 0.15) is 35.8 Å². The summed E-state index contributed by atoms with van der Waals surface area (Å²) < 4.78 is 20.7. The molecule has 2 saturated heterocycles. The lowest BCUT2D eigenvalue weighted by Gasteiger charge is -2.39. The maximum absolute atomic E-state index is 11.7. The second-order valence-electron chi connectivity index (χ2n) is 7.43. The van der Waals surface area contributed by atoms with Gasteiger partial charge in [-0.05, 0) is 20.3 Å². The van der Waals surface area contributed by atoms with Crippen molar-refractivity contribution in [2.45, 2.75) is 75.7 Å². The van der Waals surface area contributed by atoms with Crippen molar-refractivity contribution in [2.24, 2.45) is 0 Å². The van der Waals surface area contributed by atoms with E-state index in [4.69, 9.17) is 23.7 Å². The summed E-state index contributed by atoms with van der Waals surface area (Å²) in [7, 11) is 0. The van der Waals surface area contributed by atoms with E-state index >= 15 is 0 Å². The van der Waals surface area contributed by atoms with Crippen LogP contribution in [0.2, 0.25) is 0 Å². The molecule has 30 heavy (non-hydrogen) atoms. The number of hydrogen-bond acceptors (Lipinski definition) is 11. The zero-order valence-electron chi connectivity index (χ0n) is 17.0. The van der Waals surface area contributed by atoms with Gasteiger partial charge in [-0.1, -0.05) is 6.92 Å². The summed E-state index contributed by atoms with van der Waals surface area (Å²) in [6.45, 7) is 4.49. The van der Waals surface area contributed by atoms with Crippen LogP contribution >= 0.6 is 0 Å². The Morgan fingerprint density at radius 2 is 1.87 bits per heavy atom. The monoisotopic (exact) mass is 434 g/mol. The molecule has 1 aromatic rings. The number of hydrogen-bond donors (Lipinski definition) is 6. The van der Waals surface area contributed by atoms with Crippen LogP contribution in [0.4, 0.5) is 0 Å². The summed E-state index contributed by atoms with van der Waals surface area (Å²) in [6, 6.07) is 1.18. The van der Waals surface area contributed by atoms with E-state index in [-0.39, 0.29) is 18.1 Å². The molecule has 2 aliphatic heterocycles. The van der Waals surface area contributed by atoms with Crippen molar-refractivity contribution < 1.29 is 49.3 Å². The average Bonchev–Trinajstić information content (AvgIpc) is 2.99. The summed E-state index contributed by atoms with van der Waals surface area (Å²) in [5, 5.41) is 56.5. The fourth-order valence-electron chi connectivity index (χ4n) is 3.14. The predicted octanol–water partition coefficient (Wildman–Crippen LogP) is -1.97. The first kappa shape index (κ1) is 24.7. The molecule has 0 spiro atoms. The Labute approximate surface area is 173 Å². The predicted molar refractivity (Wildman–Crippen MR) is 101 cm³/mol. The first-order valence-electron chi connectivity index (χ1n) is 9.63. The zero-order chi connectivity index (χ0) is 22.6. The third-order valence-corrected chi connectivity index (χ3v) is 5.18. The smallest absolute Gasteiger partial charge is 0.229 e.